The Kier molecular flexibility index (Phi) is 8.88. The number of rotatable bonds is 4. The van der Waals surface area contributed by atoms with Gasteiger partial charge in [0.15, 0.2) is 0 Å². The van der Waals surface area contributed by atoms with Crippen LogP contribution in [0, 0.1) is 0 Å². The molecule has 0 rings (SSSR count). The normalized spacial score (nSPS) is 8.20. The molecule has 0 bridgehead atoms. The minimum atomic E-state index is -0.0940. The van der Waals surface area contributed by atoms with Gasteiger partial charge in [-0.15, -0.1) is 0 Å². The second-order valence-corrected chi connectivity index (χ2v) is 2.17. The molecule has 0 heterocycles. The van der Waals surface area contributed by atoms with Gasteiger partial charge in [-0.3, -0.25) is 0 Å². The van der Waals surface area contributed by atoms with Crippen LogP contribution in [0.2, 0.25) is 0 Å². The van der Waals surface area contributed by atoms with Crippen LogP contribution in [-0.4, -0.2) is 18.5 Å². The second-order valence-electron chi connectivity index (χ2n) is 2.17. The number of nitrogens with zero attached hydrogens (tertiary/aromatic N) is 1. The fourth-order valence-corrected chi connectivity index (χ4v) is 0.520. The molecule has 0 aromatic rings. The molecule has 10 heavy (non-hydrogen) atoms. The largest absolute Gasteiger partial charge is 1.00 e. The van der Waals surface area contributed by atoms with E-state index >= 15 is 0 Å². The summed E-state index contributed by atoms with van der Waals surface area (Å²) >= 11 is 0. The van der Waals surface area contributed by atoms with Gasteiger partial charge in [-0.05, 0) is 6.42 Å². The molecule has 0 aliphatic rings. The standard InChI is InChI=1S/C7H15NO.Li/c1-4-5-6-8(3)7(2)9;/h9H,2,4-6H2,1,3H3;/q;+1/p-1. The van der Waals surface area contributed by atoms with Crippen LogP contribution in [0.3, 0.4) is 0 Å². The summed E-state index contributed by atoms with van der Waals surface area (Å²) in [5.41, 5.74) is 0. The Morgan fingerprint density at radius 1 is 1.60 bits per heavy atom. The van der Waals surface area contributed by atoms with Gasteiger partial charge in [0.1, 0.15) is 0 Å². The third-order valence-electron chi connectivity index (χ3n) is 1.27. The van der Waals surface area contributed by atoms with Crippen molar-refractivity contribution in [3.05, 3.63) is 12.5 Å². The predicted molar refractivity (Wildman–Crippen MR) is 36.7 cm³/mol. The summed E-state index contributed by atoms with van der Waals surface area (Å²) in [6, 6.07) is 0. The Hall–Kier alpha value is -0.0626. The Morgan fingerprint density at radius 2 is 2.10 bits per heavy atom. The first-order valence-electron chi connectivity index (χ1n) is 3.25. The van der Waals surface area contributed by atoms with E-state index in [1.54, 1.807) is 11.9 Å². The van der Waals surface area contributed by atoms with Gasteiger partial charge in [0.25, 0.3) is 0 Å². The SMILES string of the molecule is C=C([O-])N(C)CCCC.[Li+]. The van der Waals surface area contributed by atoms with Crippen molar-refractivity contribution in [2.75, 3.05) is 13.6 Å². The fraction of sp³-hybridized carbons (Fsp3) is 0.714. The monoisotopic (exact) mass is 135 g/mol. The first-order valence-corrected chi connectivity index (χ1v) is 3.25. The smallest absolute Gasteiger partial charge is 0.861 e. The van der Waals surface area contributed by atoms with Crippen molar-refractivity contribution in [1.29, 1.82) is 0 Å². The van der Waals surface area contributed by atoms with E-state index in [1.165, 1.54) is 0 Å². The van der Waals surface area contributed by atoms with E-state index < -0.39 is 0 Å². The maximum Gasteiger partial charge on any atom is 1.00 e. The Morgan fingerprint density at radius 3 is 2.40 bits per heavy atom. The van der Waals surface area contributed by atoms with Crippen LogP contribution in [0.5, 0.6) is 0 Å². The fourth-order valence-electron chi connectivity index (χ4n) is 0.520. The van der Waals surface area contributed by atoms with Gasteiger partial charge in [0, 0.05) is 13.6 Å². The van der Waals surface area contributed by atoms with Crippen LogP contribution >= 0.6 is 0 Å². The van der Waals surface area contributed by atoms with Gasteiger partial charge in [0.2, 0.25) is 0 Å². The molecule has 0 aromatic heterocycles. The summed E-state index contributed by atoms with van der Waals surface area (Å²) in [7, 11) is 1.77. The summed E-state index contributed by atoms with van der Waals surface area (Å²) in [4.78, 5) is 1.63. The minimum absolute atomic E-state index is 0. The number of hydrogen-bond donors (Lipinski definition) is 0. The molecule has 0 atom stereocenters. The maximum absolute atomic E-state index is 10.5. The summed E-state index contributed by atoms with van der Waals surface area (Å²) < 4.78 is 0. The molecule has 0 aliphatic carbocycles. The van der Waals surface area contributed by atoms with Gasteiger partial charge in [0.05, 0.1) is 0 Å². The molecule has 0 unspecified atom stereocenters. The van der Waals surface area contributed by atoms with Gasteiger partial charge >= 0.3 is 18.9 Å². The van der Waals surface area contributed by atoms with E-state index in [2.05, 4.69) is 13.5 Å². The molecule has 0 amide bonds. The third kappa shape index (κ3) is 6.06. The molecule has 0 saturated carbocycles. The average molecular weight is 135 g/mol. The van der Waals surface area contributed by atoms with Crippen LogP contribution in [0.15, 0.2) is 12.5 Å². The molecule has 0 aromatic carbocycles. The quantitative estimate of drug-likeness (QED) is 0.316. The number of hydrogen-bond acceptors (Lipinski definition) is 2. The van der Waals surface area contributed by atoms with Gasteiger partial charge < -0.3 is 10.0 Å². The van der Waals surface area contributed by atoms with Crippen LogP contribution in [0.25, 0.3) is 0 Å². The van der Waals surface area contributed by atoms with Gasteiger partial charge in [-0.2, -0.15) is 0 Å². The van der Waals surface area contributed by atoms with Crippen LogP contribution < -0.4 is 24.0 Å². The second kappa shape index (κ2) is 7.05. The molecule has 54 valence electrons. The Balaban J connectivity index is 0. The zero-order valence-electron chi connectivity index (χ0n) is 7.18. The van der Waals surface area contributed by atoms with E-state index in [-0.39, 0.29) is 24.7 Å². The zero-order valence-corrected chi connectivity index (χ0v) is 7.18. The Labute approximate surface area is 75.1 Å². The first kappa shape index (κ1) is 12.6. The predicted octanol–water partition coefficient (Wildman–Crippen LogP) is -2.45. The van der Waals surface area contributed by atoms with Crippen molar-refractivity contribution in [1.82, 2.24) is 4.90 Å². The van der Waals surface area contributed by atoms with Gasteiger partial charge in [-0.1, -0.05) is 25.8 Å². The summed E-state index contributed by atoms with van der Waals surface area (Å²) in [6.45, 7) is 6.21. The summed E-state index contributed by atoms with van der Waals surface area (Å²) in [6.07, 6.45) is 2.19. The molecule has 0 aliphatic heterocycles. The molecule has 0 N–H and O–H groups in total. The zero-order chi connectivity index (χ0) is 7.28. The maximum atomic E-state index is 10.5. The average Bonchev–Trinajstić information content (AvgIpc) is 1.82. The molecular weight excluding hydrogens is 121 g/mol. The molecular formula is C7H14LiNO. The van der Waals surface area contributed by atoms with E-state index in [9.17, 15) is 5.11 Å². The van der Waals surface area contributed by atoms with Crippen LogP contribution in [0.4, 0.5) is 0 Å². The van der Waals surface area contributed by atoms with Crippen LogP contribution in [0.1, 0.15) is 19.8 Å². The van der Waals surface area contributed by atoms with Crippen molar-refractivity contribution >= 4 is 0 Å². The van der Waals surface area contributed by atoms with E-state index in [1.807, 2.05) is 0 Å². The van der Waals surface area contributed by atoms with E-state index in [0.29, 0.717) is 0 Å². The molecule has 3 heteroatoms. The summed E-state index contributed by atoms with van der Waals surface area (Å²) in [5.74, 6) is -0.0940. The van der Waals surface area contributed by atoms with Crippen molar-refractivity contribution in [3.63, 3.8) is 0 Å². The molecule has 0 saturated heterocycles. The first-order chi connectivity index (χ1) is 4.18. The van der Waals surface area contributed by atoms with Gasteiger partial charge in [-0.25, -0.2) is 0 Å². The molecule has 0 fully saturated rings. The van der Waals surface area contributed by atoms with E-state index in [4.69, 9.17) is 0 Å². The molecule has 0 radical (unpaired) electrons. The van der Waals surface area contributed by atoms with Crippen molar-refractivity contribution < 1.29 is 24.0 Å². The van der Waals surface area contributed by atoms with Crippen LogP contribution in [-0.2, 0) is 0 Å². The summed E-state index contributed by atoms with van der Waals surface area (Å²) in [5, 5.41) is 10.5. The van der Waals surface area contributed by atoms with Crippen molar-refractivity contribution in [2.45, 2.75) is 19.8 Å². The molecule has 0 spiro atoms. The topological polar surface area (TPSA) is 26.3 Å². The van der Waals surface area contributed by atoms with Crippen molar-refractivity contribution in [2.24, 2.45) is 0 Å². The number of unbranched alkanes of at least 4 members (excludes halogenated alkanes) is 1. The van der Waals surface area contributed by atoms with E-state index in [0.717, 1.165) is 19.4 Å². The molecule has 2 nitrogen and oxygen atoms in total. The Bertz CT molecular complexity index is 95.6. The van der Waals surface area contributed by atoms with Crippen molar-refractivity contribution in [3.8, 4) is 0 Å². The minimum Gasteiger partial charge on any atom is -0.861 e. The third-order valence-corrected chi connectivity index (χ3v) is 1.27.